The van der Waals surface area contributed by atoms with Crippen LogP contribution in [-0.2, 0) is 4.79 Å². The minimum absolute atomic E-state index is 0.498. The fourth-order valence-electron chi connectivity index (χ4n) is 2.00. The van der Waals surface area contributed by atoms with Crippen molar-refractivity contribution < 1.29 is 9.90 Å². The van der Waals surface area contributed by atoms with Crippen molar-refractivity contribution in [1.82, 2.24) is 25.0 Å². The highest BCUT2D eigenvalue weighted by molar-refractivity contribution is 8.00. The number of aliphatic carboxylic acids is 1. The summed E-state index contributed by atoms with van der Waals surface area (Å²) in [6, 6.07) is 9.51. The number of nitrogens with zero attached hydrogens (tertiary/aromatic N) is 5. The van der Waals surface area contributed by atoms with Crippen LogP contribution in [0.1, 0.15) is 13.3 Å². The van der Waals surface area contributed by atoms with Crippen molar-refractivity contribution in [3.8, 4) is 5.69 Å². The second-order valence-corrected chi connectivity index (χ2v) is 5.73. The zero-order valence-electron chi connectivity index (χ0n) is 11.7. The molecule has 22 heavy (non-hydrogen) atoms. The minimum Gasteiger partial charge on any atom is -0.480 e. The van der Waals surface area contributed by atoms with E-state index in [4.69, 9.17) is 0 Å². The lowest BCUT2D eigenvalue weighted by Crippen LogP contribution is -2.15. The molecule has 0 unspecified atom stereocenters. The van der Waals surface area contributed by atoms with Gasteiger partial charge in [0.05, 0.1) is 5.69 Å². The number of benzene rings is 1. The van der Waals surface area contributed by atoms with E-state index in [-0.39, 0.29) is 0 Å². The monoisotopic (exact) mass is 315 g/mol. The molecule has 2 aromatic heterocycles. The van der Waals surface area contributed by atoms with Crippen molar-refractivity contribution in [2.24, 2.45) is 0 Å². The number of thioether (sulfide) groups is 1. The molecule has 1 aromatic carbocycles. The molecule has 112 valence electrons. The van der Waals surface area contributed by atoms with Crippen LogP contribution in [0.3, 0.4) is 0 Å². The number of fused-ring (bicyclic) bond motifs is 1. The highest BCUT2D eigenvalue weighted by atomic mass is 32.2. The van der Waals surface area contributed by atoms with Gasteiger partial charge in [0.25, 0.3) is 0 Å². The normalized spacial score (nSPS) is 12.4. The number of para-hydroxylation sites is 1. The van der Waals surface area contributed by atoms with Crippen LogP contribution in [-0.4, -0.2) is 41.3 Å². The molecular weight excluding hydrogens is 302 g/mol. The number of carboxylic acids is 1. The zero-order valence-corrected chi connectivity index (χ0v) is 12.6. The van der Waals surface area contributed by atoms with E-state index in [1.807, 2.05) is 37.3 Å². The summed E-state index contributed by atoms with van der Waals surface area (Å²) in [6.07, 6.45) is 1.90. The molecule has 0 aliphatic rings. The highest BCUT2D eigenvalue weighted by Crippen LogP contribution is 2.28. The molecule has 3 rings (SSSR count). The van der Waals surface area contributed by atoms with Crippen LogP contribution in [0.4, 0.5) is 0 Å². The SMILES string of the molecule is CC[C@H](Sc1ncnc2c1nnn2-c1ccccc1)C(=O)O. The molecule has 0 spiro atoms. The average Bonchev–Trinajstić information content (AvgIpc) is 2.98. The van der Waals surface area contributed by atoms with Crippen LogP contribution in [0.25, 0.3) is 16.9 Å². The molecule has 8 heteroatoms. The van der Waals surface area contributed by atoms with Crippen LogP contribution in [0, 0.1) is 0 Å². The van der Waals surface area contributed by atoms with E-state index in [1.54, 1.807) is 4.68 Å². The Morgan fingerprint density at radius 2 is 2.09 bits per heavy atom. The van der Waals surface area contributed by atoms with Gasteiger partial charge in [-0.05, 0) is 18.6 Å². The van der Waals surface area contributed by atoms with Gasteiger partial charge in [-0.25, -0.2) is 9.97 Å². The summed E-state index contributed by atoms with van der Waals surface area (Å²) in [4.78, 5) is 19.6. The maximum atomic E-state index is 11.2. The number of hydrogen-bond acceptors (Lipinski definition) is 6. The van der Waals surface area contributed by atoms with Crippen LogP contribution >= 0.6 is 11.8 Å². The van der Waals surface area contributed by atoms with Gasteiger partial charge in [0.2, 0.25) is 0 Å². The molecular formula is C14H13N5O2S. The topological polar surface area (TPSA) is 93.8 Å². The Balaban J connectivity index is 2.04. The Bertz CT molecular complexity index is 805. The van der Waals surface area contributed by atoms with Crippen molar-refractivity contribution in [1.29, 1.82) is 0 Å². The Morgan fingerprint density at radius 3 is 2.77 bits per heavy atom. The molecule has 7 nitrogen and oxygen atoms in total. The van der Waals surface area contributed by atoms with Crippen molar-refractivity contribution in [3.05, 3.63) is 36.7 Å². The summed E-state index contributed by atoms with van der Waals surface area (Å²) in [7, 11) is 0. The Kier molecular flexibility index (Phi) is 4.01. The largest absolute Gasteiger partial charge is 0.480 e. The summed E-state index contributed by atoms with van der Waals surface area (Å²) in [5.74, 6) is -0.866. The second-order valence-electron chi connectivity index (χ2n) is 4.54. The number of aromatic nitrogens is 5. The maximum absolute atomic E-state index is 11.2. The van der Waals surface area contributed by atoms with Gasteiger partial charge in [0.15, 0.2) is 11.2 Å². The molecule has 2 heterocycles. The summed E-state index contributed by atoms with van der Waals surface area (Å²) in [6.45, 7) is 1.82. The first-order chi connectivity index (χ1) is 10.7. The molecule has 0 saturated heterocycles. The van der Waals surface area contributed by atoms with E-state index in [9.17, 15) is 9.90 Å². The van der Waals surface area contributed by atoms with Gasteiger partial charge < -0.3 is 5.11 Å². The Hall–Kier alpha value is -2.48. The number of rotatable bonds is 5. The third-order valence-electron chi connectivity index (χ3n) is 3.11. The number of carboxylic acid groups (broad SMARTS) is 1. The molecule has 0 aliphatic carbocycles. The lowest BCUT2D eigenvalue weighted by molar-refractivity contribution is -0.136. The fraction of sp³-hybridized carbons (Fsp3) is 0.214. The van der Waals surface area contributed by atoms with E-state index >= 15 is 0 Å². The third-order valence-corrected chi connectivity index (χ3v) is 4.45. The van der Waals surface area contributed by atoms with Crippen molar-refractivity contribution in [3.63, 3.8) is 0 Å². The first-order valence-corrected chi connectivity index (χ1v) is 7.60. The molecule has 3 aromatic rings. The first kappa shape index (κ1) is 14.5. The quantitative estimate of drug-likeness (QED) is 0.569. The van der Waals surface area contributed by atoms with Gasteiger partial charge >= 0.3 is 5.97 Å². The van der Waals surface area contributed by atoms with Gasteiger partial charge in [-0.15, -0.1) is 5.10 Å². The van der Waals surface area contributed by atoms with Gasteiger partial charge in [-0.1, -0.05) is 42.1 Å². The summed E-state index contributed by atoms with van der Waals surface area (Å²) >= 11 is 1.17. The summed E-state index contributed by atoms with van der Waals surface area (Å²) in [5, 5.41) is 17.4. The lowest BCUT2D eigenvalue weighted by Gasteiger charge is -2.08. The van der Waals surface area contributed by atoms with Gasteiger partial charge in [0, 0.05) is 0 Å². The van der Waals surface area contributed by atoms with Gasteiger partial charge in [-0.3, -0.25) is 4.79 Å². The van der Waals surface area contributed by atoms with E-state index in [0.29, 0.717) is 22.6 Å². The average molecular weight is 315 g/mol. The maximum Gasteiger partial charge on any atom is 0.317 e. The molecule has 0 fully saturated rings. The molecule has 0 saturated carbocycles. The van der Waals surface area contributed by atoms with Crippen molar-refractivity contribution in [2.75, 3.05) is 0 Å². The predicted molar refractivity (Wildman–Crippen MR) is 82.0 cm³/mol. The molecule has 0 aliphatic heterocycles. The predicted octanol–water partition coefficient (Wildman–Crippen LogP) is 2.17. The fourth-order valence-corrected chi connectivity index (χ4v) is 2.89. The Morgan fingerprint density at radius 1 is 1.32 bits per heavy atom. The van der Waals surface area contributed by atoms with E-state index in [1.165, 1.54) is 18.1 Å². The number of carbonyl (C=O) groups is 1. The van der Waals surface area contributed by atoms with Crippen molar-refractivity contribution in [2.45, 2.75) is 23.6 Å². The smallest absolute Gasteiger partial charge is 0.317 e. The lowest BCUT2D eigenvalue weighted by atomic mass is 10.3. The van der Waals surface area contributed by atoms with Crippen LogP contribution < -0.4 is 0 Å². The summed E-state index contributed by atoms with van der Waals surface area (Å²) < 4.78 is 1.61. The second kappa shape index (κ2) is 6.10. The van der Waals surface area contributed by atoms with Gasteiger partial charge in [0.1, 0.15) is 16.6 Å². The molecule has 0 amide bonds. The van der Waals surface area contributed by atoms with E-state index in [2.05, 4.69) is 20.3 Å². The van der Waals surface area contributed by atoms with E-state index in [0.717, 1.165) is 5.69 Å². The van der Waals surface area contributed by atoms with Crippen LogP contribution in [0.15, 0.2) is 41.7 Å². The standard InChI is InChI=1S/C14H13N5O2S/c1-2-10(14(20)21)22-13-11-12(15-8-16-13)19(18-17-11)9-6-4-3-5-7-9/h3-8,10H,2H2,1H3,(H,20,21)/t10-/m0/s1. The zero-order chi connectivity index (χ0) is 15.5. The third kappa shape index (κ3) is 2.64. The Labute approximate surface area is 130 Å². The van der Waals surface area contributed by atoms with E-state index < -0.39 is 11.2 Å². The van der Waals surface area contributed by atoms with Crippen LogP contribution in [0.5, 0.6) is 0 Å². The first-order valence-electron chi connectivity index (χ1n) is 6.72. The molecule has 1 atom stereocenters. The van der Waals surface area contributed by atoms with Crippen LogP contribution in [0.2, 0.25) is 0 Å². The molecule has 0 radical (unpaired) electrons. The molecule has 1 N–H and O–H groups in total. The van der Waals surface area contributed by atoms with Crippen molar-refractivity contribution >= 4 is 28.9 Å². The number of hydrogen-bond donors (Lipinski definition) is 1. The highest BCUT2D eigenvalue weighted by Gasteiger charge is 2.21. The minimum atomic E-state index is -0.866. The summed E-state index contributed by atoms with van der Waals surface area (Å²) in [5.41, 5.74) is 1.91. The van der Waals surface area contributed by atoms with Gasteiger partial charge in [-0.2, -0.15) is 4.68 Å². The molecule has 0 bridgehead atoms.